The Bertz CT molecular complexity index is 556. The molecule has 0 aliphatic rings. The number of rotatable bonds is 3. The Morgan fingerprint density at radius 3 is 2.17 bits per heavy atom. The van der Waals surface area contributed by atoms with Crippen LogP contribution in [0.15, 0.2) is 64.8 Å². The molecule has 0 N–H and O–H groups in total. The number of hydrogen-bond acceptors (Lipinski definition) is 4. The fraction of sp³-hybridized carbons (Fsp3) is 0. The summed E-state index contributed by atoms with van der Waals surface area (Å²) in [5, 5.41) is 18.7. The number of carboxylic acids is 1. The molecule has 0 radical (unpaired) electrons. The van der Waals surface area contributed by atoms with Crippen molar-refractivity contribution in [3.63, 3.8) is 0 Å². The first-order valence-corrected chi connectivity index (χ1v) is 5.04. The summed E-state index contributed by atoms with van der Waals surface area (Å²) in [6.45, 7) is 0. The smallest absolute Gasteiger partial charge is 0.545 e. The van der Waals surface area contributed by atoms with E-state index >= 15 is 0 Å². The molecule has 2 aromatic carbocycles. The number of nitrogens with zero attached hydrogens (tertiary/aromatic N) is 2. The van der Waals surface area contributed by atoms with Crippen molar-refractivity contribution in [2.75, 3.05) is 0 Å². The maximum atomic E-state index is 10.8. The van der Waals surface area contributed by atoms with Crippen LogP contribution >= 0.6 is 0 Å². The van der Waals surface area contributed by atoms with E-state index in [9.17, 15) is 9.90 Å². The molecular formula is C13H9LiN2O2. The van der Waals surface area contributed by atoms with E-state index in [4.69, 9.17) is 0 Å². The van der Waals surface area contributed by atoms with Crippen molar-refractivity contribution in [1.82, 2.24) is 0 Å². The number of aromatic carboxylic acids is 1. The third kappa shape index (κ3) is 3.56. The van der Waals surface area contributed by atoms with Crippen molar-refractivity contribution < 1.29 is 28.8 Å². The van der Waals surface area contributed by atoms with Gasteiger partial charge in [0.15, 0.2) is 0 Å². The van der Waals surface area contributed by atoms with Crippen LogP contribution in [0, 0.1) is 0 Å². The second-order valence-electron chi connectivity index (χ2n) is 3.34. The minimum absolute atomic E-state index is 0. The van der Waals surface area contributed by atoms with E-state index in [1.54, 1.807) is 30.3 Å². The first kappa shape index (κ1) is 14.2. The molecule has 0 amide bonds. The van der Waals surface area contributed by atoms with Gasteiger partial charge in [-0.2, -0.15) is 5.11 Å². The van der Waals surface area contributed by atoms with Crippen LogP contribution in [0.3, 0.4) is 0 Å². The van der Waals surface area contributed by atoms with Gasteiger partial charge in [0.2, 0.25) is 0 Å². The molecular weight excluding hydrogens is 223 g/mol. The summed E-state index contributed by atoms with van der Waals surface area (Å²) in [6.07, 6.45) is 0. The Morgan fingerprint density at radius 1 is 0.889 bits per heavy atom. The van der Waals surface area contributed by atoms with Gasteiger partial charge in [0, 0.05) is 5.56 Å². The van der Waals surface area contributed by atoms with E-state index in [-0.39, 0.29) is 30.1 Å². The van der Waals surface area contributed by atoms with Crippen LogP contribution in [0.5, 0.6) is 0 Å². The zero-order valence-electron chi connectivity index (χ0n) is 9.91. The summed E-state index contributed by atoms with van der Waals surface area (Å²) in [4.78, 5) is 10.8. The normalized spacial score (nSPS) is 10.0. The first-order chi connectivity index (χ1) is 8.27. The zero-order chi connectivity index (χ0) is 12.1. The summed E-state index contributed by atoms with van der Waals surface area (Å²) >= 11 is 0. The van der Waals surface area contributed by atoms with E-state index in [2.05, 4.69) is 10.2 Å². The third-order valence-corrected chi connectivity index (χ3v) is 2.15. The molecule has 0 aromatic heterocycles. The van der Waals surface area contributed by atoms with Gasteiger partial charge in [-0.05, 0) is 18.2 Å². The number of carbonyl (C=O) groups excluding carboxylic acids is 1. The minimum atomic E-state index is -1.26. The van der Waals surface area contributed by atoms with Crippen LogP contribution in [-0.2, 0) is 0 Å². The van der Waals surface area contributed by atoms with Gasteiger partial charge in [0.25, 0.3) is 0 Å². The standard InChI is InChI=1S/C13H10N2O2.Li/c16-13(17)11-8-4-5-9-12(11)15-14-10-6-2-1-3-7-10;/h1-9H,(H,16,17);/q;+1/p-1. The monoisotopic (exact) mass is 232 g/mol. The Labute approximate surface area is 117 Å². The summed E-state index contributed by atoms with van der Waals surface area (Å²) in [7, 11) is 0. The largest absolute Gasteiger partial charge is 1.00 e. The topological polar surface area (TPSA) is 64.8 Å². The SMILES string of the molecule is O=C([O-])c1ccccc1N=Nc1ccccc1.[Li+]. The van der Waals surface area contributed by atoms with Crippen molar-refractivity contribution in [2.45, 2.75) is 0 Å². The molecule has 0 unspecified atom stereocenters. The molecule has 0 aliphatic carbocycles. The van der Waals surface area contributed by atoms with Gasteiger partial charge >= 0.3 is 18.9 Å². The van der Waals surface area contributed by atoms with E-state index in [1.807, 2.05) is 18.2 Å². The summed E-state index contributed by atoms with van der Waals surface area (Å²) < 4.78 is 0. The Hall–Kier alpha value is -1.89. The van der Waals surface area contributed by atoms with Gasteiger partial charge < -0.3 is 9.90 Å². The molecule has 0 heterocycles. The van der Waals surface area contributed by atoms with Gasteiger partial charge in [-0.1, -0.05) is 36.4 Å². The van der Waals surface area contributed by atoms with Gasteiger partial charge in [-0.15, -0.1) is 5.11 Å². The second kappa shape index (κ2) is 6.75. The number of hydrogen-bond donors (Lipinski definition) is 0. The average molecular weight is 232 g/mol. The Balaban J connectivity index is 0.00000162. The zero-order valence-corrected chi connectivity index (χ0v) is 9.91. The van der Waals surface area contributed by atoms with Crippen molar-refractivity contribution >= 4 is 17.3 Å². The number of carbonyl (C=O) groups is 1. The molecule has 0 spiro atoms. The Kier molecular flexibility index (Phi) is 5.31. The molecule has 18 heavy (non-hydrogen) atoms. The molecule has 0 saturated carbocycles. The molecule has 0 fully saturated rings. The van der Waals surface area contributed by atoms with Crippen LogP contribution in [0.4, 0.5) is 11.4 Å². The maximum absolute atomic E-state index is 10.8. The van der Waals surface area contributed by atoms with Crippen LogP contribution in [0.25, 0.3) is 0 Å². The van der Waals surface area contributed by atoms with Crippen molar-refractivity contribution in [2.24, 2.45) is 10.2 Å². The van der Waals surface area contributed by atoms with Crippen LogP contribution in [0.2, 0.25) is 0 Å². The van der Waals surface area contributed by atoms with Gasteiger partial charge in [0.05, 0.1) is 17.3 Å². The second-order valence-corrected chi connectivity index (χ2v) is 3.34. The van der Waals surface area contributed by atoms with Crippen LogP contribution in [-0.4, -0.2) is 5.97 Å². The van der Waals surface area contributed by atoms with Gasteiger partial charge in [0.1, 0.15) is 0 Å². The molecule has 84 valence electrons. The fourth-order valence-electron chi connectivity index (χ4n) is 1.34. The maximum Gasteiger partial charge on any atom is 1.00 e. The number of azo groups is 1. The summed E-state index contributed by atoms with van der Waals surface area (Å²) in [5.41, 5.74) is 0.990. The third-order valence-electron chi connectivity index (χ3n) is 2.15. The van der Waals surface area contributed by atoms with Crippen LogP contribution < -0.4 is 24.0 Å². The molecule has 2 aromatic rings. The molecule has 0 aliphatic heterocycles. The first-order valence-electron chi connectivity index (χ1n) is 5.04. The molecule has 0 saturated heterocycles. The quantitative estimate of drug-likeness (QED) is 0.527. The number of benzene rings is 2. The van der Waals surface area contributed by atoms with E-state index < -0.39 is 5.97 Å². The molecule has 0 atom stereocenters. The predicted octanol–water partition coefficient (Wildman–Crippen LogP) is -0.531. The van der Waals surface area contributed by atoms with E-state index in [0.717, 1.165) is 0 Å². The van der Waals surface area contributed by atoms with Crippen LogP contribution in [0.1, 0.15) is 10.4 Å². The minimum Gasteiger partial charge on any atom is -0.545 e. The van der Waals surface area contributed by atoms with Crippen molar-refractivity contribution in [1.29, 1.82) is 0 Å². The van der Waals surface area contributed by atoms with Crippen molar-refractivity contribution in [3.05, 3.63) is 60.2 Å². The summed E-state index contributed by atoms with van der Waals surface area (Å²) in [6, 6.07) is 15.4. The predicted molar refractivity (Wildman–Crippen MR) is 61.4 cm³/mol. The molecule has 4 nitrogen and oxygen atoms in total. The van der Waals surface area contributed by atoms with E-state index in [1.165, 1.54) is 6.07 Å². The molecule has 0 bridgehead atoms. The molecule has 2 rings (SSSR count). The Morgan fingerprint density at radius 2 is 1.50 bits per heavy atom. The summed E-state index contributed by atoms with van der Waals surface area (Å²) in [5.74, 6) is -1.26. The molecule has 5 heteroatoms. The fourth-order valence-corrected chi connectivity index (χ4v) is 1.34. The van der Waals surface area contributed by atoms with Crippen molar-refractivity contribution in [3.8, 4) is 0 Å². The number of carboxylic acid groups (broad SMARTS) is 1. The van der Waals surface area contributed by atoms with Gasteiger partial charge in [-0.25, -0.2) is 0 Å². The average Bonchev–Trinajstić information content (AvgIpc) is 2.38. The van der Waals surface area contributed by atoms with E-state index in [0.29, 0.717) is 5.69 Å². The van der Waals surface area contributed by atoms with Gasteiger partial charge in [-0.3, -0.25) is 0 Å².